The Morgan fingerprint density at radius 3 is 1.99 bits per heavy atom. The summed E-state index contributed by atoms with van der Waals surface area (Å²) in [7, 11) is 0. The molecule has 9 rings (SSSR count). The lowest BCUT2D eigenvalue weighted by molar-refractivity contribution is -0.389. The van der Waals surface area contributed by atoms with E-state index in [1.165, 1.54) is 12.5 Å². The average molecular weight is 1050 g/mol. The van der Waals surface area contributed by atoms with Crippen LogP contribution in [0.3, 0.4) is 0 Å². The third kappa shape index (κ3) is 9.10. The average Bonchev–Trinajstić information content (AvgIpc) is 3.34. The Bertz CT molecular complexity index is 2010. The molecule has 0 aromatic heterocycles. The quantitative estimate of drug-likeness (QED) is 0.0942. The van der Waals surface area contributed by atoms with Crippen molar-refractivity contribution in [2.24, 2.45) is 50.2 Å². The van der Waals surface area contributed by atoms with E-state index in [1.54, 1.807) is 0 Å². The Hall–Kier alpha value is -1.55. The van der Waals surface area contributed by atoms with Crippen molar-refractivity contribution in [3.05, 3.63) is 11.6 Å². The highest BCUT2D eigenvalue weighted by atomic mass is 16.8. The third-order valence-electron chi connectivity index (χ3n) is 20.8. The van der Waals surface area contributed by atoms with Crippen molar-refractivity contribution in [2.75, 3.05) is 26.4 Å². The van der Waals surface area contributed by atoms with E-state index in [0.717, 1.165) is 38.5 Å². The number of carboxylic acid groups (broad SMARTS) is 1. The molecule has 4 heterocycles. The molecule has 0 aromatic rings. The SMILES string of the molecule is C[C@@H]1O[C@@H](O[C@H]2[C@H](O[C@H]3CC[C@@]4(C)[C@@H](CC[C@]5(C)[C@@H]4CC=C4[C@@H]6CC(C)(C)CC[C@]6(C(=O)O)CC[C@]45C)[C@]3(C)CO)OC[C@H](O[C@@H]3O[C@H](CO)C(O)C(O)C3O)[C@@H]2O)[C@H](O)[C@H](O[C@@H]2OC[C@H](O)[C@H](O)[C@H]2O)[C@H]1O. The number of fused-ring (bicyclic) bond motifs is 7. The van der Waals surface area contributed by atoms with Gasteiger partial charge in [0, 0.05) is 5.41 Å². The molecule has 9 aliphatic rings. The molecular weight excluding hydrogens is 961 g/mol. The summed E-state index contributed by atoms with van der Waals surface area (Å²) in [6.45, 7) is 13.3. The standard InChI is InChI=1S/C52H84O21/c1-23-32(56)40(72-42-37(61)33(57)26(55)20-66-42)39(63)44(68-23)73-41-35(59)28(70-43-38(62)36(60)34(58)27(19-53)69-43)21-67-45(41)71-31-11-12-48(4)29(49(31,5)22-54)10-13-51(7)30(48)9-8-24-25-18-47(2,3)14-16-52(25,46(64)65)17-15-50(24,51)6/h8,23,25-45,53-63H,9-22H2,1-7H3,(H,64,65)/t23-,25-,26-,27+,28-,29+,30+,31-,32-,33-,34?,35-,36?,37+,38?,39+,40+,41+,42-,43-,44-,45-,48-,49-,50+,51+,52-/m0/s1. The normalized spacial score (nSPS) is 55.0. The number of carboxylic acids is 1. The predicted molar refractivity (Wildman–Crippen MR) is 251 cm³/mol. The molecule has 8 fully saturated rings. The first kappa shape index (κ1) is 56.2. The first-order chi connectivity index (χ1) is 34.2. The number of hydrogen-bond acceptors (Lipinski definition) is 20. The highest BCUT2D eigenvalue weighted by Gasteiger charge is 2.70. The van der Waals surface area contributed by atoms with Crippen LogP contribution in [-0.4, -0.2) is 210 Å². The molecular formula is C52H84O21. The van der Waals surface area contributed by atoms with Crippen molar-refractivity contribution in [3.8, 4) is 0 Å². The summed E-state index contributed by atoms with van der Waals surface area (Å²) in [5.41, 5.74) is -0.985. The van der Waals surface area contributed by atoms with Crippen LogP contribution < -0.4 is 0 Å². The van der Waals surface area contributed by atoms with Crippen molar-refractivity contribution in [1.82, 2.24) is 0 Å². The summed E-state index contributed by atoms with van der Waals surface area (Å²) in [5.74, 6) is -0.589. The van der Waals surface area contributed by atoms with Gasteiger partial charge in [0.2, 0.25) is 0 Å². The van der Waals surface area contributed by atoms with Gasteiger partial charge in [0.1, 0.15) is 79.4 Å². The van der Waals surface area contributed by atoms with Crippen LogP contribution in [0.1, 0.15) is 113 Å². The third-order valence-corrected chi connectivity index (χ3v) is 20.8. The van der Waals surface area contributed by atoms with Gasteiger partial charge in [-0.25, -0.2) is 0 Å². The zero-order valence-electron chi connectivity index (χ0n) is 43.2. The van der Waals surface area contributed by atoms with Gasteiger partial charge in [-0.2, -0.15) is 0 Å². The van der Waals surface area contributed by atoms with E-state index in [0.29, 0.717) is 25.7 Å². The Balaban J connectivity index is 0.982. The molecule has 21 nitrogen and oxygen atoms in total. The molecule has 418 valence electrons. The second-order valence-electron chi connectivity index (χ2n) is 25.2. The van der Waals surface area contributed by atoms with Crippen LogP contribution >= 0.6 is 0 Å². The monoisotopic (exact) mass is 1040 g/mol. The maximum Gasteiger partial charge on any atom is 0.310 e. The molecule has 0 aromatic carbocycles. The topological polar surface area (TPSA) is 334 Å². The molecule has 12 N–H and O–H groups in total. The van der Waals surface area contributed by atoms with Crippen molar-refractivity contribution in [3.63, 3.8) is 0 Å². The minimum Gasteiger partial charge on any atom is -0.481 e. The van der Waals surface area contributed by atoms with Crippen LogP contribution in [0.5, 0.6) is 0 Å². The van der Waals surface area contributed by atoms with Gasteiger partial charge < -0.3 is 99.2 Å². The maximum absolute atomic E-state index is 13.2. The Morgan fingerprint density at radius 2 is 1.30 bits per heavy atom. The zero-order valence-corrected chi connectivity index (χ0v) is 43.2. The van der Waals surface area contributed by atoms with Crippen molar-refractivity contribution in [2.45, 2.75) is 229 Å². The van der Waals surface area contributed by atoms with E-state index in [2.05, 4.69) is 40.7 Å². The molecule has 21 heteroatoms. The lowest BCUT2D eigenvalue weighted by Crippen LogP contribution is -2.67. The first-order valence-corrected chi connectivity index (χ1v) is 26.7. The fraction of sp³-hybridized carbons (Fsp3) is 0.942. The van der Waals surface area contributed by atoms with Gasteiger partial charge in [0.15, 0.2) is 25.2 Å². The Labute approximate surface area is 426 Å². The molecule has 73 heavy (non-hydrogen) atoms. The van der Waals surface area contributed by atoms with E-state index in [-0.39, 0.29) is 46.0 Å². The van der Waals surface area contributed by atoms with Crippen LogP contribution in [0.25, 0.3) is 0 Å². The molecule has 4 aliphatic heterocycles. The summed E-state index contributed by atoms with van der Waals surface area (Å²) in [4.78, 5) is 13.2. The number of aliphatic hydroxyl groups excluding tert-OH is 11. The van der Waals surface area contributed by atoms with Gasteiger partial charge in [-0.3, -0.25) is 4.79 Å². The van der Waals surface area contributed by atoms with E-state index in [1.807, 2.05) is 6.92 Å². The molecule has 0 bridgehead atoms. The van der Waals surface area contributed by atoms with E-state index in [9.17, 15) is 66.1 Å². The highest BCUT2D eigenvalue weighted by Crippen LogP contribution is 2.76. The van der Waals surface area contributed by atoms with Crippen molar-refractivity contribution >= 4 is 5.97 Å². The summed E-state index contributed by atoms with van der Waals surface area (Å²) < 4.78 is 48.5. The molecule has 5 aliphatic carbocycles. The van der Waals surface area contributed by atoms with E-state index in [4.69, 9.17) is 37.9 Å². The van der Waals surface area contributed by atoms with Crippen LogP contribution in [0.2, 0.25) is 0 Å². The number of allylic oxidation sites excluding steroid dienone is 2. The minimum absolute atomic E-state index is 0.0263. The predicted octanol–water partition coefficient (Wildman–Crippen LogP) is -0.191. The molecule has 0 spiro atoms. The summed E-state index contributed by atoms with van der Waals surface area (Å²) in [5, 5.41) is 130. The summed E-state index contributed by atoms with van der Waals surface area (Å²) in [6.07, 6.45) is -19.7. The van der Waals surface area contributed by atoms with Crippen LogP contribution in [0, 0.1) is 50.2 Å². The summed E-state index contributed by atoms with van der Waals surface area (Å²) in [6, 6.07) is 0. The van der Waals surface area contributed by atoms with Crippen LogP contribution in [0.4, 0.5) is 0 Å². The number of carbonyl (C=O) groups is 1. The molecule has 27 atom stereocenters. The summed E-state index contributed by atoms with van der Waals surface area (Å²) >= 11 is 0. The van der Waals surface area contributed by atoms with E-state index < -0.39 is 153 Å². The smallest absolute Gasteiger partial charge is 0.310 e. The Kier molecular flexibility index (Phi) is 15.6. The van der Waals surface area contributed by atoms with E-state index >= 15 is 0 Å². The van der Waals surface area contributed by atoms with Crippen LogP contribution in [-0.2, 0) is 42.7 Å². The number of aliphatic hydroxyl groups is 11. The number of aliphatic carboxylic acids is 1. The van der Waals surface area contributed by atoms with Gasteiger partial charge in [-0.15, -0.1) is 0 Å². The van der Waals surface area contributed by atoms with Crippen molar-refractivity contribution < 1.29 is 104 Å². The molecule has 3 unspecified atom stereocenters. The first-order valence-electron chi connectivity index (χ1n) is 26.7. The van der Waals surface area contributed by atoms with Gasteiger partial charge in [-0.1, -0.05) is 53.2 Å². The fourth-order valence-electron chi connectivity index (χ4n) is 16.0. The second kappa shape index (κ2) is 20.3. The number of hydrogen-bond donors (Lipinski definition) is 12. The van der Waals surface area contributed by atoms with Crippen molar-refractivity contribution in [1.29, 1.82) is 0 Å². The molecule has 0 radical (unpaired) electrons. The minimum atomic E-state index is -1.86. The maximum atomic E-state index is 13.2. The van der Waals surface area contributed by atoms with Crippen LogP contribution in [0.15, 0.2) is 11.6 Å². The largest absolute Gasteiger partial charge is 0.481 e. The molecule has 4 saturated carbocycles. The van der Waals surface area contributed by atoms with Gasteiger partial charge in [0.05, 0.1) is 44.1 Å². The lowest BCUT2D eigenvalue weighted by atomic mass is 9.33. The second-order valence-corrected chi connectivity index (χ2v) is 25.2. The molecule has 0 amide bonds. The zero-order chi connectivity index (χ0) is 53.1. The Morgan fingerprint density at radius 1 is 0.644 bits per heavy atom. The lowest BCUT2D eigenvalue weighted by Gasteiger charge is -2.71. The fourth-order valence-corrected chi connectivity index (χ4v) is 16.0. The van der Waals surface area contributed by atoms with Gasteiger partial charge in [0.25, 0.3) is 0 Å². The number of ether oxygens (including phenoxy) is 8. The number of rotatable bonds is 11. The van der Waals surface area contributed by atoms with Gasteiger partial charge >= 0.3 is 5.97 Å². The molecule has 4 saturated heterocycles. The van der Waals surface area contributed by atoms with Gasteiger partial charge in [-0.05, 0) is 111 Å². The highest BCUT2D eigenvalue weighted by molar-refractivity contribution is 5.76.